The summed E-state index contributed by atoms with van der Waals surface area (Å²) in [5.41, 5.74) is 10.3. The number of benzene rings is 6. The molecule has 0 spiro atoms. The molecule has 6 aromatic carbocycles. The van der Waals surface area contributed by atoms with E-state index in [2.05, 4.69) is 123 Å². The van der Waals surface area contributed by atoms with E-state index in [1.807, 2.05) is 36.4 Å². The average Bonchev–Trinajstić information content (AvgIpc) is 3.47. The Bertz CT molecular complexity index is 2500. The fraction of sp³-hybridized carbons (Fsp3) is 0.146. The summed E-state index contributed by atoms with van der Waals surface area (Å²) in [5, 5.41) is 1.98. The molecule has 5 heteroatoms. The molecule has 1 aromatic heterocycles. The van der Waals surface area contributed by atoms with Crippen LogP contribution in [-0.4, -0.2) is 26.3 Å². The van der Waals surface area contributed by atoms with E-state index in [-0.39, 0.29) is 5.41 Å². The summed E-state index contributed by atoms with van der Waals surface area (Å²) >= 11 is 0. The van der Waals surface area contributed by atoms with E-state index >= 15 is 0 Å². The van der Waals surface area contributed by atoms with Crippen molar-refractivity contribution in [3.05, 3.63) is 167 Å². The van der Waals surface area contributed by atoms with Crippen LogP contribution in [0.3, 0.4) is 0 Å². The highest BCUT2D eigenvalue weighted by Gasteiger charge is 2.45. The van der Waals surface area contributed by atoms with Crippen molar-refractivity contribution in [2.75, 3.05) is 21.3 Å². The van der Waals surface area contributed by atoms with Crippen molar-refractivity contribution in [2.24, 2.45) is 0 Å². The third-order valence-corrected chi connectivity index (χ3v) is 10.9. The van der Waals surface area contributed by atoms with Crippen LogP contribution in [0.15, 0.2) is 140 Å². The van der Waals surface area contributed by atoms with Gasteiger partial charge in [-0.2, -0.15) is 0 Å². The van der Waals surface area contributed by atoms with E-state index in [0.717, 1.165) is 61.5 Å². The maximum absolute atomic E-state index is 7.66. The van der Waals surface area contributed by atoms with E-state index in [1.165, 1.54) is 22.3 Å². The maximum atomic E-state index is 7.66. The molecule has 0 saturated heterocycles. The number of pyridine rings is 1. The summed E-state index contributed by atoms with van der Waals surface area (Å²) < 4.78 is 25.1. The molecule has 0 bridgehead atoms. The second-order valence-electron chi connectivity index (χ2n) is 14.2. The van der Waals surface area contributed by atoms with Crippen molar-refractivity contribution in [1.29, 1.82) is 0 Å². The van der Waals surface area contributed by atoms with Crippen LogP contribution in [0.25, 0.3) is 50.4 Å². The maximum Gasteiger partial charge on any atom is 0.194 e. The second-order valence-corrected chi connectivity index (χ2v) is 14.2. The standard InChI is InChI=1S/C48H39NO4/c1-47(2)39-19-13-12-18-35(39)44-37-28-41(51-4)42(52-5)29-38(37)46-36(45(44)47)24-25-48(53-46,33-20-22-34(50-3)23-21-33)43-27-32(30-14-8-6-9-15-30)26-40(49-43)31-16-10-7-11-17-31/h6-29H,1-5H3. The zero-order chi connectivity index (χ0) is 36.3. The minimum absolute atomic E-state index is 0.295. The molecule has 1 aliphatic heterocycles. The number of nitrogens with zero attached hydrogens (tertiary/aromatic N) is 1. The summed E-state index contributed by atoms with van der Waals surface area (Å²) in [4.78, 5) is 5.44. The smallest absolute Gasteiger partial charge is 0.194 e. The number of fused-ring (bicyclic) bond motifs is 8. The molecule has 0 N–H and O–H groups in total. The van der Waals surface area contributed by atoms with Gasteiger partial charge in [-0.1, -0.05) is 117 Å². The summed E-state index contributed by atoms with van der Waals surface area (Å²) in [7, 11) is 5.04. The largest absolute Gasteiger partial charge is 0.497 e. The molecule has 1 atom stereocenters. The highest BCUT2D eigenvalue weighted by Crippen LogP contribution is 2.59. The first kappa shape index (κ1) is 32.6. The van der Waals surface area contributed by atoms with Gasteiger partial charge in [0, 0.05) is 27.5 Å². The van der Waals surface area contributed by atoms with Gasteiger partial charge in [-0.25, -0.2) is 4.98 Å². The molecular weight excluding hydrogens is 655 g/mol. The highest BCUT2D eigenvalue weighted by atomic mass is 16.5. The van der Waals surface area contributed by atoms with Crippen LogP contribution in [0, 0.1) is 0 Å². The Kier molecular flexibility index (Phi) is 7.63. The van der Waals surface area contributed by atoms with Crippen LogP contribution >= 0.6 is 0 Å². The molecule has 260 valence electrons. The molecule has 7 aromatic rings. The van der Waals surface area contributed by atoms with Gasteiger partial charge in [0.1, 0.15) is 11.5 Å². The molecule has 0 saturated carbocycles. The highest BCUT2D eigenvalue weighted by molar-refractivity contribution is 6.09. The van der Waals surface area contributed by atoms with Crippen LogP contribution in [0.1, 0.15) is 41.8 Å². The van der Waals surface area contributed by atoms with Crippen molar-refractivity contribution >= 4 is 16.8 Å². The SMILES string of the molecule is COc1ccc(C2(c3cc(-c4ccccc4)cc(-c4ccccc4)n3)C=Cc3c4c(c5cc(OC)c(OC)cc5c3O2)-c2ccccc2C4(C)C)cc1. The lowest BCUT2D eigenvalue weighted by atomic mass is 9.77. The molecule has 53 heavy (non-hydrogen) atoms. The van der Waals surface area contributed by atoms with Gasteiger partial charge in [-0.3, -0.25) is 0 Å². The topological polar surface area (TPSA) is 49.8 Å². The third kappa shape index (κ3) is 5.02. The van der Waals surface area contributed by atoms with Crippen molar-refractivity contribution in [3.8, 4) is 56.5 Å². The number of hydrogen-bond donors (Lipinski definition) is 0. The van der Waals surface area contributed by atoms with Crippen LogP contribution < -0.4 is 18.9 Å². The molecule has 0 radical (unpaired) electrons. The normalized spacial score (nSPS) is 16.3. The van der Waals surface area contributed by atoms with Gasteiger partial charge in [0.05, 0.1) is 32.7 Å². The van der Waals surface area contributed by atoms with Crippen LogP contribution in [0.4, 0.5) is 0 Å². The van der Waals surface area contributed by atoms with Crippen molar-refractivity contribution in [2.45, 2.75) is 24.9 Å². The minimum atomic E-state index is -1.11. The number of ether oxygens (including phenoxy) is 4. The lowest BCUT2D eigenvalue weighted by Gasteiger charge is -2.38. The van der Waals surface area contributed by atoms with Crippen molar-refractivity contribution in [3.63, 3.8) is 0 Å². The predicted molar refractivity (Wildman–Crippen MR) is 213 cm³/mol. The molecule has 0 amide bonds. The van der Waals surface area contributed by atoms with Gasteiger partial charge < -0.3 is 18.9 Å². The lowest BCUT2D eigenvalue weighted by Crippen LogP contribution is -2.36. The average molecular weight is 694 g/mol. The van der Waals surface area contributed by atoms with Gasteiger partial charge in [-0.05, 0) is 81.2 Å². The van der Waals surface area contributed by atoms with E-state index < -0.39 is 5.60 Å². The van der Waals surface area contributed by atoms with Gasteiger partial charge >= 0.3 is 0 Å². The molecule has 0 fully saturated rings. The van der Waals surface area contributed by atoms with Crippen LogP contribution in [0.5, 0.6) is 23.0 Å². The van der Waals surface area contributed by atoms with Gasteiger partial charge in [0.15, 0.2) is 17.1 Å². The number of hydrogen-bond acceptors (Lipinski definition) is 5. The summed E-state index contributed by atoms with van der Waals surface area (Å²) in [6.07, 6.45) is 4.44. The quantitative estimate of drug-likeness (QED) is 0.166. The Morgan fingerprint density at radius 1 is 0.604 bits per heavy atom. The fourth-order valence-electron chi connectivity index (χ4n) is 8.33. The van der Waals surface area contributed by atoms with Gasteiger partial charge in [0.25, 0.3) is 0 Å². The zero-order valence-electron chi connectivity index (χ0n) is 30.4. The molecular formula is C48H39NO4. The minimum Gasteiger partial charge on any atom is -0.497 e. The van der Waals surface area contributed by atoms with Crippen LogP contribution in [-0.2, 0) is 11.0 Å². The first-order valence-corrected chi connectivity index (χ1v) is 17.9. The first-order chi connectivity index (χ1) is 25.9. The van der Waals surface area contributed by atoms with Gasteiger partial charge in [0.2, 0.25) is 0 Å². The Morgan fingerprint density at radius 2 is 1.25 bits per heavy atom. The van der Waals surface area contributed by atoms with E-state index in [0.29, 0.717) is 11.5 Å². The Morgan fingerprint density at radius 3 is 1.92 bits per heavy atom. The Hall–Kier alpha value is -6.33. The van der Waals surface area contributed by atoms with Gasteiger partial charge in [-0.15, -0.1) is 0 Å². The summed E-state index contributed by atoms with van der Waals surface area (Å²) in [6, 6.07) is 46.1. The Balaban J connectivity index is 1.37. The molecule has 1 unspecified atom stereocenters. The number of methoxy groups -OCH3 is 3. The zero-order valence-corrected chi connectivity index (χ0v) is 30.4. The molecule has 9 rings (SSSR count). The predicted octanol–water partition coefficient (Wildman–Crippen LogP) is 11.3. The number of rotatable bonds is 7. The van der Waals surface area contributed by atoms with E-state index in [1.54, 1.807) is 21.3 Å². The molecule has 5 nitrogen and oxygen atoms in total. The summed E-state index contributed by atoms with van der Waals surface area (Å²) in [5.74, 6) is 2.84. The lowest BCUT2D eigenvalue weighted by molar-refractivity contribution is 0.158. The van der Waals surface area contributed by atoms with E-state index in [9.17, 15) is 0 Å². The Labute approximate surface area is 310 Å². The second kappa shape index (κ2) is 12.4. The fourth-order valence-corrected chi connectivity index (χ4v) is 8.33. The summed E-state index contributed by atoms with van der Waals surface area (Å²) in [6.45, 7) is 4.61. The number of aromatic nitrogens is 1. The van der Waals surface area contributed by atoms with Crippen molar-refractivity contribution in [1.82, 2.24) is 4.98 Å². The first-order valence-electron chi connectivity index (χ1n) is 17.9. The van der Waals surface area contributed by atoms with Crippen molar-refractivity contribution < 1.29 is 18.9 Å². The molecule has 1 aliphatic carbocycles. The van der Waals surface area contributed by atoms with Crippen LogP contribution in [0.2, 0.25) is 0 Å². The third-order valence-electron chi connectivity index (χ3n) is 10.9. The monoisotopic (exact) mass is 693 g/mol. The molecule has 2 aliphatic rings. The molecule has 2 heterocycles. The van der Waals surface area contributed by atoms with E-state index in [4.69, 9.17) is 23.9 Å².